The van der Waals surface area contributed by atoms with E-state index in [4.69, 9.17) is 4.74 Å². The van der Waals surface area contributed by atoms with Crippen LogP contribution >= 0.6 is 0 Å². The summed E-state index contributed by atoms with van der Waals surface area (Å²) in [5, 5.41) is 3.29. The summed E-state index contributed by atoms with van der Waals surface area (Å²) in [4.78, 5) is 8.37. The molecule has 1 saturated heterocycles. The Labute approximate surface area is 106 Å². The van der Waals surface area contributed by atoms with E-state index in [-0.39, 0.29) is 0 Å². The number of pyridine rings is 1. The van der Waals surface area contributed by atoms with Crippen molar-refractivity contribution in [2.75, 3.05) is 20.2 Å². The Morgan fingerprint density at radius 2 is 2.39 bits per heavy atom. The van der Waals surface area contributed by atoms with Crippen LogP contribution < -0.4 is 10.1 Å². The van der Waals surface area contributed by atoms with Gasteiger partial charge in [0, 0.05) is 49.7 Å². The Morgan fingerprint density at radius 3 is 3.11 bits per heavy atom. The molecule has 1 N–H and O–H groups in total. The first-order valence-corrected chi connectivity index (χ1v) is 6.06. The van der Waals surface area contributed by atoms with Crippen LogP contribution in [0.1, 0.15) is 17.2 Å². The number of hydrogen-bond donors (Lipinski definition) is 1. The summed E-state index contributed by atoms with van der Waals surface area (Å²) in [5.41, 5.74) is 2.47. The van der Waals surface area contributed by atoms with E-state index in [0.717, 1.165) is 19.6 Å². The maximum atomic E-state index is 5.14. The van der Waals surface area contributed by atoms with Crippen molar-refractivity contribution in [1.82, 2.24) is 19.9 Å². The number of nitrogens with zero attached hydrogens (tertiary/aromatic N) is 3. The Hall–Kier alpha value is -1.88. The van der Waals surface area contributed by atoms with E-state index in [1.807, 2.05) is 24.7 Å². The summed E-state index contributed by atoms with van der Waals surface area (Å²) in [6.45, 7) is 2.90. The van der Waals surface area contributed by atoms with Gasteiger partial charge in [-0.3, -0.25) is 0 Å². The molecule has 1 fully saturated rings. The molecular formula is C13H16N4O. The van der Waals surface area contributed by atoms with Gasteiger partial charge in [-0.1, -0.05) is 0 Å². The van der Waals surface area contributed by atoms with Crippen LogP contribution in [-0.2, 0) is 6.54 Å². The molecule has 0 aromatic carbocycles. The number of ether oxygens (including phenoxy) is 1. The molecular weight excluding hydrogens is 228 g/mol. The highest BCUT2D eigenvalue weighted by Gasteiger charge is 2.22. The summed E-state index contributed by atoms with van der Waals surface area (Å²) < 4.78 is 7.33. The van der Waals surface area contributed by atoms with Crippen molar-refractivity contribution >= 4 is 0 Å². The zero-order valence-corrected chi connectivity index (χ0v) is 10.3. The van der Waals surface area contributed by atoms with Crippen molar-refractivity contribution in [3.8, 4) is 5.88 Å². The van der Waals surface area contributed by atoms with Crippen LogP contribution in [0.25, 0.3) is 0 Å². The fourth-order valence-electron chi connectivity index (χ4n) is 2.16. The molecule has 0 aliphatic carbocycles. The highest BCUT2D eigenvalue weighted by Crippen LogP contribution is 2.20. The first-order valence-electron chi connectivity index (χ1n) is 6.06. The molecule has 5 nitrogen and oxygen atoms in total. The van der Waals surface area contributed by atoms with E-state index < -0.39 is 0 Å². The summed E-state index contributed by atoms with van der Waals surface area (Å²) in [5.74, 6) is 1.25. The lowest BCUT2D eigenvalue weighted by Gasteiger charge is -2.27. The SMILES string of the molecule is COc1cc(Cn2cncc2C2CNC2)ccn1. The number of rotatable bonds is 4. The number of nitrogens with one attached hydrogen (secondary N) is 1. The molecule has 3 heterocycles. The predicted molar refractivity (Wildman–Crippen MR) is 67.7 cm³/mol. The molecule has 0 amide bonds. The van der Waals surface area contributed by atoms with Crippen molar-refractivity contribution in [3.05, 3.63) is 42.1 Å². The van der Waals surface area contributed by atoms with Crippen molar-refractivity contribution in [2.45, 2.75) is 12.5 Å². The van der Waals surface area contributed by atoms with E-state index in [0.29, 0.717) is 11.8 Å². The van der Waals surface area contributed by atoms with Gasteiger partial charge in [0.2, 0.25) is 5.88 Å². The van der Waals surface area contributed by atoms with Crippen molar-refractivity contribution < 1.29 is 4.74 Å². The molecule has 0 bridgehead atoms. The second kappa shape index (κ2) is 4.78. The standard InChI is InChI=1S/C13H16N4O/c1-18-13-4-10(2-3-16-13)8-17-9-15-7-12(17)11-5-14-6-11/h2-4,7,9,11,14H,5-6,8H2,1H3. The maximum Gasteiger partial charge on any atom is 0.213 e. The van der Waals surface area contributed by atoms with E-state index >= 15 is 0 Å². The Balaban J connectivity index is 1.81. The van der Waals surface area contributed by atoms with Crippen LogP contribution in [0.15, 0.2) is 30.9 Å². The van der Waals surface area contributed by atoms with Crippen LogP contribution in [0.2, 0.25) is 0 Å². The molecule has 0 spiro atoms. The molecule has 0 saturated carbocycles. The average Bonchev–Trinajstić information content (AvgIpc) is 2.75. The third kappa shape index (κ3) is 2.09. The number of hydrogen-bond acceptors (Lipinski definition) is 4. The Bertz CT molecular complexity index is 533. The van der Waals surface area contributed by atoms with E-state index in [1.54, 1.807) is 13.3 Å². The van der Waals surface area contributed by atoms with Gasteiger partial charge in [0.1, 0.15) is 0 Å². The number of imidazole rings is 1. The zero-order chi connectivity index (χ0) is 12.4. The van der Waals surface area contributed by atoms with Crippen LogP contribution in [0.3, 0.4) is 0 Å². The fraction of sp³-hybridized carbons (Fsp3) is 0.385. The van der Waals surface area contributed by atoms with Gasteiger partial charge in [0.05, 0.1) is 13.4 Å². The smallest absolute Gasteiger partial charge is 0.213 e. The van der Waals surface area contributed by atoms with Crippen LogP contribution in [0.5, 0.6) is 5.88 Å². The van der Waals surface area contributed by atoms with E-state index in [1.165, 1.54) is 11.3 Å². The van der Waals surface area contributed by atoms with Gasteiger partial charge in [-0.2, -0.15) is 0 Å². The van der Waals surface area contributed by atoms with E-state index in [9.17, 15) is 0 Å². The molecule has 1 aliphatic heterocycles. The molecule has 0 atom stereocenters. The van der Waals surface area contributed by atoms with Gasteiger partial charge in [0.25, 0.3) is 0 Å². The normalized spacial score (nSPS) is 15.4. The minimum atomic E-state index is 0.594. The summed E-state index contributed by atoms with van der Waals surface area (Å²) in [7, 11) is 1.63. The lowest BCUT2D eigenvalue weighted by Crippen LogP contribution is -2.40. The van der Waals surface area contributed by atoms with Gasteiger partial charge < -0.3 is 14.6 Å². The zero-order valence-electron chi connectivity index (χ0n) is 10.3. The van der Waals surface area contributed by atoms with Crippen molar-refractivity contribution in [1.29, 1.82) is 0 Å². The summed E-state index contributed by atoms with van der Waals surface area (Å²) in [6.07, 6.45) is 5.63. The highest BCUT2D eigenvalue weighted by molar-refractivity contribution is 5.22. The lowest BCUT2D eigenvalue weighted by atomic mass is 10.00. The molecule has 94 valence electrons. The molecule has 1 aliphatic rings. The van der Waals surface area contributed by atoms with Crippen LogP contribution in [0, 0.1) is 0 Å². The monoisotopic (exact) mass is 244 g/mol. The fourth-order valence-corrected chi connectivity index (χ4v) is 2.16. The maximum absolute atomic E-state index is 5.14. The minimum absolute atomic E-state index is 0.594. The first-order chi connectivity index (χ1) is 8.86. The van der Waals surface area contributed by atoms with Crippen molar-refractivity contribution in [3.63, 3.8) is 0 Å². The summed E-state index contributed by atoms with van der Waals surface area (Å²) >= 11 is 0. The van der Waals surface area contributed by atoms with Crippen molar-refractivity contribution in [2.24, 2.45) is 0 Å². The Morgan fingerprint density at radius 1 is 1.50 bits per heavy atom. The highest BCUT2D eigenvalue weighted by atomic mass is 16.5. The average molecular weight is 244 g/mol. The number of methoxy groups -OCH3 is 1. The number of aromatic nitrogens is 3. The first kappa shape index (κ1) is 11.2. The van der Waals surface area contributed by atoms with Crippen LogP contribution in [-0.4, -0.2) is 34.7 Å². The molecule has 2 aromatic heterocycles. The minimum Gasteiger partial charge on any atom is -0.481 e. The lowest BCUT2D eigenvalue weighted by molar-refractivity contribution is 0.397. The second-order valence-corrected chi connectivity index (χ2v) is 4.51. The third-order valence-corrected chi connectivity index (χ3v) is 3.31. The topological polar surface area (TPSA) is 52.0 Å². The van der Waals surface area contributed by atoms with Gasteiger partial charge in [-0.05, 0) is 11.6 Å². The quantitative estimate of drug-likeness (QED) is 0.872. The molecule has 0 radical (unpaired) electrons. The Kier molecular flexibility index (Phi) is 2.98. The van der Waals surface area contributed by atoms with E-state index in [2.05, 4.69) is 19.9 Å². The predicted octanol–water partition coefficient (Wildman–Crippen LogP) is 1.02. The van der Waals surface area contributed by atoms with Gasteiger partial charge >= 0.3 is 0 Å². The molecule has 2 aromatic rings. The van der Waals surface area contributed by atoms with Gasteiger partial charge in [0.15, 0.2) is 0 Å². The molecule has 5 heteroatoms. The molecule has 18 heavy (non-hydrogen) atoms. The third-order valence-electron chi connectivity index (χ3n) is 3.31. The second-order valence-electron chi connectivity index (χ2n) is 4.51. The largest absolute Gasteiger partial charge is 0.481 e. The molecule has 0 unspecified atom stereocenters. The van der Waals surface area contributed by atoms with Gasteiger partial charge in [-0.25, -0.2) is 9.97 Å². The van der Waals surface area contributed by atoms with Gasteiger partial charge in [-0.15, -0.1) is 0 Å². The summed E-state index contributed by atoms with van der Waals surface area (Å²) in [6, 6.07) is 3.97. The molecule has 3 rings (SSSR count). The van der Waals surface area contributed by atoms with Crippen LogP contribution in [0.4, 0.5) is 0 Å².